The fraction of sp³-hybridized carbons (Fsp3) is 0.632. The second kappa shape index (κ2) is 10.6. The molecule has 5 heteroatoms. The van der Waals surface area contributed by atoms with E-state index in [1.165, 1.54) is 24.8 Å². The van der Waals surface area contributed by atoms with Gasteiger partial charge in [0, 0.05) is 31.4 Å². The Bertz CT molecular complexity index is 491. The lowest BCUT2D eigenvalue weighted by molar-refractivity contribution is 0.322. The molecule has 2 rings (SSSR count). The lowest BCUT2D eigenvalue weighted by Gasteiger charge is -2.19. The molecule has 1 saturated carbocycles. The first kappa shape index (κ1) is 19.1. The van der Waals surface area contributed by atoms with Gasteiger partial charge in [-0.1, -0.05) is 30.3 Å². The molecule has 1 aliphatic rings. The van der Waals surface area contributed by atoms with Gasteiger partial charge in [0.05, 0.1) is 0 Å². The van der Waals surface area contributed by atoms with E-state index in [0.29, 0.717) is 6.04 Å². The quantitative estimate of drug-likeness (QED) is 0.430. The molecular weight excluding hydrogens is 316 g/mol. The van der Waals surface area contributed by atoms with Gasteiger partial charge in [0.1, 0.15) is 0 Å². The number of aliphatic imine (C=N–C) groups is 1. The standard InChI is InChI=1S/C19H32N4S/c1-20-19(22-17-10-11-18(14-17)24-3)21-12-7-13-23(2)15-16-8-5-4-6-9-16/h4-6,8-9,17-18H,7,10-15H2,1-3H3,(H2,20,21,22). The van der Waals surface area contributed by atoms with Crippen LogP contribution in [0.3, 0.4) is 0 Å². The van der Waals surface area contributed by atoms with Crippen molar-refractivity contribution in [2.24, 2.45) is 4.99 Å². The highest BCUT2D eigenvalue weighted by molar-refractivity contribution is 7.99. The van der Waals surface area contributed by atoms with Gasteiger partial charge in [-0.05, 0) is 51.1 Å². The molecule has 2 atom stereocenters. The molecule has 1 fully saturated rings. The Kier molecular flexibility index (Phi) is 8.47. The van der Waals surface area contributed by atoms with Crippen molar-refractivity contribution in [3.63, 3.8) is 0 Å². The van der Waals surface area contributed by atoms with Crippen LogP contribution in [0.15, 0.2) is 35.3 Å². The Morgan fingerprint density at radius 2 is 2.08 bits per heavy atom. The fourth-order valence-corrected chi connectivity index (χ4v) is 4.00. The van der Waals surface area contributed by atoms with Crippen molar-refractivity contribution < 1.29 is 0 Å². The SMILES string of the molecule is CN=C(NCCCN(C)Cc1ccccc1)NC1CCC(SC)C1. The summed E-state index contributed by atoms with van der Waals surface area (Å²) >= 11 is 1.99. The maximum atomic E-state index is 4.36. The normalized spacial score (nSPS) is 21.2. The van der Waals surface area contributed by atoms with Crippen LogP contribution in [0.25, 0.3) is 0 Å². The summed E-state index contributed by atoms with van der Waals surface area (Å²) in [5.74, 6) is 0.951. The Balaban J connectivity index is 1.60. The Morgan fingerprint density at radius 1 is 1.29 bits per heavy atom. The number of benzene rings is 1. The molecule has 0 aromatic heterocycles. The molecule has 0 bridgehead atoms. The van der Waals surface area contributed by atoms with E-state index in [0.717, 1.165) is 37.3 Å². The van der Waals surface area contributed by atoms with Crippen LogP contribution < -0.4 is 10.6 Å². The maximum absolute atomic E-state index is 4.36. The zero-order valence-corrected chi connectivity index (χ0v) is 16.1. The highest BCUT2D eigenvalue weighted by Crippen LogP contribution is 2.27. The molecule has 2 N–H and O–H groups in total. The van der Waals surface area contributed by atoms with Gasteiger partial charge in [-0.15, -0.1) is 0 Å². The van der Waals surface area contributed by atoms with Crippen LogP contribution in [0.1, 0.15) is 31.2 Å². The third kappa shape index (κ3) is 6.73. The summed E-state index contributed by atoms with van der Waals surface area (Å²) in [5.41, 5.74) is 1.37. The topological polar surface area (TPSA) is 39.7 Å². The van der Waals surface area contributed by atoms with Gasteiger partial charge in [-0.2, -0.15) is 11.8 Å². The maximum Gasteiger partial charge on any atom is 0.191 e. The molecule has 2 unspecified atom stereocenters. The lowest BCUT2D eigenvalue weighted by atomic mass is 10.2. The highest BCUT2D eigenvalue weighted by Gasteiger charge is 2.24. The van der Waals surface area contributed by atoms with Crippen LogP contribution in [-0.4, -0.2) is 55.6 Å². The first-order valence-electron chi connectivity index (χ1n) is 8.93. The first-order chi connectivity index (χ1) is 11.7. The van der Waals surface area contributed by atoms with E-state index in [1.54, 1.807) is 0 Å². The van der Waals surface area contributed by atoms with Crippen LogP contribution >= 0.6 is 11.8 Å². The number of rotatable bonds is 8. The molecule has 1 aromatic rings. The van der Waals surface area contributed by atoms with Gasteiger partial charge in [0.2, 0.25) is 0 Å². The second-order valence-corrected chi connectivity index (χ2v) is 7.73. The van der Waals surface area contributed by atoms with Crippen molar-refractivity contribution in [1.82, 2.24) is 15.5 Å². The molecule has 4 nitrogen and oxygen atoms in total. The van der Waals surface area contributed by atoms with Crippen LogP contribution in [0, 0.1) is 0 Å². The number of guanidine groups is 1. The number of hydrogen-bond donors (Lipinski definition) is 2. The van der Waals surface area contributed by atoms with Crippen molar-refractivity contribution in [2.75, 3.05) is 33.4 Å². The third-order valence-corrected chi connectivity index (χ3v) is 5.68. The minimum atomic E-state index is 0.578. The number of hydrogen-bond acceptors (Lipinski definition) is 3. The molecule has 1 aliphatic carbocycles. The van der Waals surface area contributed by atoms with Gasteiger partial charge in [-0.3, -0.25) is 4.99 Å². The summed E-state index contributed by atoms with van der Waals surface area (Å²) in [7, 11) is 4.04. The van der Waals surface area contributed by atoms with Crippen LogP contribution in [-0.2, 0) is 6.54 Å². The number of thioether (sulfide) groups is 1. The molecule has 0 amide bonds. The van der Waals surface area contributed by atoms with Gasteiger partial charge in [0.25, 0.3) is 0 Å². The minimum absolute atomic E-state index is 0.578. The van der Waals surface area contributed by atoms with Crippen molar-refractivity contribution in [1.29, 1.82) is 0 Å². The largest absolute Gasteiger partial charge is 0.356 e. The summed E-state index contributed by atoms with van der Waals surface area (Å²) < 4.78 is 0. The molecule has 0 heterocycles. The minimum Gasteiger partial charge on any atom is -0.356 e. The Hall–Kier alpha value is -1.20. The van der Waals surface area contributed by atoms with E-state index in [-0.39, 0.29) is 0 Å². The highest BCUT2D eigenvalue weighted by atomic mass is 32.2. The second-order valence-electron chi connectivity index (χ2n) is 6.59. The van der Waals surface area contributed by atoms with Crippen molar-refractivity contribution in [2.45, 2.75) is 43.5 Å². The van der Waals surface area contributed by atoms with Gasteiger partial charge in [-0.25, -0.2) is 0 Å². The first-order valence-corrected chi connectivity index (χ1v) is 10.2. The van der Waals surface area contributed by atoms with Crippen LogP contribution in [0.2, 0.25) is 0 Å². The van der Waals surface area contributed by atoms with Crippen LogP contribution in [0.4, 0.5) is 0 Å². The Morgan fingerprint density at radius 3 is 2.75 bits per heavy atom. The van der Waals surface area contributed by atoms with Crippen LogP contribution in [0.5, 0.6) is 0 Å². The number of nitrogens with zero attached hydrogens (tertiary/aromatic N) is 2. The van der Waals surface area contributed by atoms with E-state index in [9.17, 15) is 0 Å². The third-order valence-electron chi connectivity index (χ3n) is 4.59. The summed E-state index contributed by atoms with van der Waals surface area (Å²) in [5, 5.41) is 7.84. The fourth-order valence-electron chi connectivity index (χ4n) is 3.20. The van der Waals surface area contributed by atoms with E-state index >= 15 is 0 Å². The summed E-state index contributed by atoms with van der Waals surface area (Å²) in [6.07, 6.45) is 7.15. The predicted molar refractivity (Wildman–Crippen MR) is 107 cm³/mol. The molecule has 134 valence electrons. The summed E-state index contributed by atoms with van der Waals surface area (Å²) in [4.78, 5) is 6.73. The van der Waals surface area contributed by atoms with Crippen molar-refractivity contribution in [3.05, 3.63) is 35.9 Å². The van der Waals surface area contributed by atoms with E-state index < -0.39 is 0 Å². The molecule has 0 saturated heterocycles. The monoisotopic (exact) mass is 348 g/mol. The molecule has 24 heavy (non-hydrogen) atoms. The van der Waals surface area contributed by atoms with E-state index in [2.05, 4.69) is 64.2 Å². The average molecular weight is 349 g/mol. The average Bonchev–Trinajstić information content (AvgIpc) is 3.06. The van der Waals surface area contributed by atoms with Gasteiger partial charge in [0.15, 0.2) is 5.96 Å². The molecule has 1 aromatic carbocycles. The zero-order valence-electron chi connectivity index (χ0n) is 15.3. The summed E-state index contributed by atoms with van der Waals surface area (Å²) in [6, 6.07) is 11.2. The van der Waals surface area contributed by atoms with Crippen molar-refractivity contribution in [3.8, 4) is 0 Å². The van der Waals surface area contributed by atoms with Gasteiger partial charge < -0.3 is 15.5 Å². The molecule has 0 radical (unpaired) electrons. The number of nitrogens with one attached hydrogen (secondary N) is 2. The zero-order chi connectivity index (χ0) is 17.2. The molecular formula is C19H32N4S. The van der Waals surface area contributed by atoms with E-state index in [4.69, 9.17) is 0 Å². The molecule has 0 spiro atoms. The summed E-state index contributed by atoms with van der Waals surface area (Å²) in [6.45, 7) is 3.04. The lowest BCUT2D eigenvalue weighted by Crippen LogP contribution is -2.43. The van der Waals surface area contributed by atoms with E-state index in [1.807, 2.05) is 18.8 Å². The predicted octanol–water partition coefficient (Wildman–Crippen LogP) is 2.96. The molecule has 0 aliphatic heterocycles. The van der Waals surface area contributed by atoms with Gasteiger partial charge >= 0.3 is 0 Å². The smallest absolute Gasteiger partial charge is 0.191 e. The Labute approximate surface area is 151 Å². The van der Waals surface area contributed by atoms with Crippen molar-refractivity contribution >= 4 is 17.7 Å².